The minimum absolute atomic E-state index is 1.26. The summed E-state index contributed by atoms with van der Waals surface area (Å²) in [5.41, 5.74) is 3.81. The Kier molecular flexibility index (Phi) is 5.00. The quantitative estimate of drug-likeness (QED) is 0.186. The molecule has 7 aromatic carbocycles. The van der Waals surface area contributed by atoms with E-state index in [1.165, 1.54) is 93.5 Å². The smallest absolute Gasteiger partial charge is 0.0542 e. The SMILES string of the molecule is c1ccc(-c2ccc3cc4cc(-c5ccc6cc7c(cc6c5)sc5c6cc8ccccc8cc6sc75)sc4cc3c2)cc1. The Labute approximate surface area is 259 Å². The molecule has 0 saturated heterocycles. The second-order valence-corrected chi connectivity index (χ2v) is 14.6. The first-order valence-corrected chi connectivity index (χ1v) is 16.9. The van der Waals surface area contributed by atoms with Crippen LogP contribution in [0.4, 0.5) is 0 Å². The second-order valence-electron chi connectivity index (χ2n) is 11.4. The molecule has 0 aliphatic carbocycles. The highest BCUT2D eigenvalue weighted by atomic mass is 32.1. The van der Waals surface area contributed by atoms with Gasteiger partial charge in [0.25, 0.3) is 0 Å². The molecule has 200 valence electrons. The van der Waals surface area contributed by atoms with Crippen LogP contribution in [0.2, 0.25) is 0 Å². The zero-order valence-electron chi connectivity index (χ0n) is 22.9. The van der Waals surface area contributed by atoms with Gasteiger partial charge in [-0.1, -0.05) is 78.9 Å². The number of benzene rings is 7. The molecule has 3 heteroatoms. The molecular weight excluding hydrogens is 577 g/mol. The van der Waals surface area contributed by atoms with E-state index >= 15 is 0 Å². The number of hydrogen-bond acceptors (Lipinski definition) is 3. The van der Waals surface area contributed by atoms with Crippen LogP contribution in [0.1, 0.15) is 0 Å². The van der Waals surface area contributed by atoms with Crippen LogP contribution >= 0.6 is 34.0 Å². The molecule has 3 aromatic heterocycles. The first kappa shape index (κ1) is 24.0. The van der Waals surface area contributed by atoms with Crippen LogP contribution in [-0.4, -0.2) is 0 Å². The molecule has 0 bridgehead atoms. The summed E-state index contributed by atoms with van der Waals surface area (Å²) in [4.78, 5) is 1.32. The summed E-state index contributed by atoms with van der Waals surface area (Å²) in [7, 11) is 0. The zero-order valence-corrected chi connectivity index (χ0v) is 25.4. The number of thiophene rings is 3. The van der Waals surface area contributed by atoms with Gasteiger partial charge in [0.2, 0.25) is 0 Å². The molecule has 0 unspecified atom stereocenters. The summed E-state index contributed by atoms with van der Waals surface area (Å²) in [6.45, 7) is 0. The molecule has 0 atom stereocenters. The molecule has 0 nitrogen and oxygen atoms in total. The van der Waals surface area contributed by atoms with Gasteiger partial charge >= 0.3 is 0 Å². The molecule has 10 aromatic rings. The lowest BCUT2D eigenvalue weighted by atomic mass is 10.0. The Bertz CT molecular complexity index is 2720. The fourth-order valence-electron chi connectivity index (χ4n) is 6.58. The van der Waals surface area contributed by atoms with Crippen LogP contribution in [0.5, 0.6) is 0 Å². The molecule has 0 radical (unpaired) electrons. The normalized spacial score (nSPS) is 12.2. The lowest BCUT2D eigenvalue weighted by Gasteiger charge is -2.04. The van der Waals surface area contributed by atoms with Crippen molar-refractivity contribution in [3.8, 4) is 21.6 Å². The van der Waals surface area contributed by atoms with Crippen molar-refractivity contribution >= 4 is 106 Å². The van der Waals surface area contributed by atoms with Gasteiger partial charge in [0.05, 0.1) is 9.40 Å². The summed E-state index contributed by atoms with van der Waals surface area (Å²) in [5.74, 6) is 0. The van der Waals surface area contributed by atoms with E-state index in [9.17, 15) is 0 Å². The molecule has 3 heterocycles. The maximum atomic E-state index is 2.41. The van der Waals surface area contributed by atoms with E-state index in [1.54, 1.807) is 0 Å². The Morgan fingerprint density at radius 2 is 0.860 bits per heavy atom. The van der Waals surface area contributed by atoms with Crippen LogP contribution in [0, 0.1) is 0 Å². The molecule has 10 rings (SSSR count). The number of rotatable bonds is 2. The molecule has 0 aliphatic rings. The lowest BCUT2D eigenvalue weighted by molar-refractivity contribution is 1.65. The summed E-state index contributed by atoms with van der Waals surface area (Å²) >= 11 is 5.77. The van der Waals surface area contributed by atoms with Gasteiger partial charge in [-0.05, 0) is 109 Å². The Hall–Kier alpha value is -4.54. The number of hydrogen-bond donors (Lipinski definition) is 0. The van der Waals surface area contributed by atoms with E-state index < -0.39 is 0 Å². The van der Waals surface area contributed by atoms with Crippen LogP contribution in [0.3, 0.4) is 0 Å². The van der Waals surface area contributed by atoms with E-state index in [0.29, 0.717) is 0 Å². The first-order chi connectivity index (χ1) is 21.2. The minimum Gasteiger partial charge on any atom is -0.135 e. The van der Waals surface area contributed by atoms with E-state index in [4.69, 9.17) is 0 Å². The third-order valence-electron chi connectivity index (χ3n) is 8.77. The standard InChI is InChI=1S/C40H22S3/c1-2-6-23(7-3-1)26-10-11-27-15-32-22-35(41-36(32)20-30(27)14-26)29-13-12-28-18-34-38(21-31(28)16-29)43-39-33-17-24-8-4-5-9-25(24)19-37(33)42-40(34)39/h1-22H. The Morgan fingerprint density at radius 1 is 0.302 bits per heavy atom. The molecule has 0 amide bonds. The average Bonchev–Trinajstić information content (AvgIpc) is 3.73. The van der Waals surface area contributed by atoms with Crippen molar-refractivity contribution in [2.45, 2.75) is 0 Å². The highest BCUT2D eigenvalue weighted by Gasteiger charge is 2.15. The molecule has 0 saturated carbocycles. The third kappa shape index (κ3) is 3.72. The van der Waals surface area contributed by atoms with Gasteiger partial charge in [0.1, 0.15) is 0 Å². The Balaban J connectivity index is 1.08. The molecule has 0 spiro atoms. The van der Waals surface area contributed by atoms with Crippen molar-refractivity contribution in [2.24, 2.45) is 0 Å². The predicted molar refractivity (Wildman–Crippen MR) is 193 cm³/mol. The number of fused-ring (bicyclic) bond motifs is 9. The van der Waals surface area contributed by atoms with Crippen LogP contribution in [0.25, 0.3) is 93.5 Å². The zero-order chi connectivity index (χ0) is 28.1. The van der Waals surface area contributed by atoms with Crippen LogP contribution in [0.15, 0.2) is 133 Å². The highest BCUT2D eigenvalue weighted by molar-refractivity contribution is 7.36. The van der Waals surface area contributed by atoms with Crippen molar-refractivity contribution in [1.29, 1.82) is 0 Å². The summed E-state index contributed by atoms with van der Waals surface area (Å²) < 4.78 is 6.93. The van der Waals surface area contributed by atoms with E-state index in [0.717, 1.165) is 0 Å². The van der Waals surface area contributed by atoms with Gasteiger partial charge in [-0.25, -0.2) is 0 Å². The lowest BCUT2D eigenvalue weighted by Crippen LogP contribution is -1.78. The average molecular weight is 599 g/mol. The van der Waals surface area contributed by atoms with Crippen LogP contribution in [-0.2, 0) is 0 Å². The predicted octanol–water partition coefficient (Wildman–Crippen LogP) is 13.3. The molecule has 0 aliphatic heterocycles. The topological polar surface area (TPSA) is 0 Å². The van der Waals surface area contributed by atoms with Gasteiger partial charge in [-0.3, -0.25) is 0 Å². The summed E-state index contributed by atoms with van der Waals surface area (Å²) in [5, 5.41) is 11.9. The summed E-state index contributed by atoms with van der Waals surface area (Å²) in [6, 6.07) is 49.8. The van der Waals surface area contributed by atoms with Gasteiger partial charge in [-0.15, -0.1) is 34.0 Å². The van der Waals surface area contributed by atoms with Crippen molar-refractivity contribution in [3.63, 3.8) is 0 Å². The fourth-order valence-corrected chi connectivity index (χ4v) is 10.4. The second kappa shape index (κ2) is 8.98. The van der Waals surface area contributed by atoms with E-state index in [1.807, 2.05) is 34.0 Å². The minimum atomic E-state index is 1.26. The van der Waals surface area contributed by atoms with Crippen LogP contribution < -0.4 is 0 Å². The van der Waals surface area contributed by atoms with Gasteiger partial charge < -0.3 is 0 Å². The van der Waals surface area contributed by atoms with Crippen molar-refractivity contribution in [3.05, 3.63) is 133 Å². The van der Waals surface area contributed by atoms with E-state index in [-0.39, 0.29) is 0 Å². The van der Waals surface area contributed by atoms with Gasteiger partial charge in [0.15, 0.2) is 0 Å². The van der Waals surface area contributed by atoms with Gasteiger partial charge in [0, 0.05) is 29.7 Å². The van der Waals surface area contributed by atoms with Gasteiger partial charge in [-0.2, -0.15) is 0 Å². The molecule has 0 fully saturated rings. The third-order valence-corrected chi connectivity index (χ3v) is 12.4. The molecular formula is C40H22S3. The van der Waals surface area contributed by atoms with Crippen molar-refractivity contribution < 1.29 is 0 Å². The maximum Gasteiger partial charge on any atom is 0.0542 e. The maximum absolute atomic E-state index is 2.41. The Morgan fingerprint density at radius 3 is 1.60 bits per heavy atom. The van der Waals surface area contributed by atoms with Crippen molar-refractivity contribution in [2.75, 3.05) is 0 Å². The summed E-state index contributed by atoms with van der Waals surface area (Å²) in [6.07, 6.45) is 0. The largest absolute Gasteiger partial charge is 0.135 e. The first-order valence-electron chi connectivity index (χ1n) is 14.5. The van der Waals surface area contributed by atoms with Crippen molar-refractivity contribution in [1.82, 2.24) is 0 Å². The molecule has 43 heavy (non-hydrogen) atoms. The van der Waals surface area contributed by atoms with E-state index in [2.05, 4.69) is 133 Å². The fraction of sp³-hybridized carbons (Fsp3) is 0. The highest BCUT2D eigenvalue weighted by Crippen LogP contribution is 2.47. The molecule has 0 N–H and O–H groups in total. The monoisotopic (exact) mass is 598 g/mol.